The maximum absolute atomic E-state index is 15.8. The van der Waals surface area contributed by atoms with Gasteiger partial charge in [-0.15, -0.1) is 11.3 Å². The van der Waals surface area contributed by atoms with E-state index in [9.17, 15) is 22.4 Å². The van der Waals surface area contributed by atoms with Crippen LogP contribution in [-0.2, 0) is 4.74 Å². The molecule has 3 saturated heterocycles. The second-order valence-corrected chi connectivity index (χ2v) is 7.84. The number of ether oxygens (including phenoxy) is 1. The number of methoxy groups -OCH3 is 1. The number of aromatic nitrogens is 1. The third kappa shape index (κ3) is 4.75. The number of benzene rings is 1. The van der Waals surface area contributed by atoms with E-state index in [1.807, 2.05) is 12.1 Å². The number of fused-ring (bicyclic) bond motifs is 4. The van der Waals surface area contributed by atoms with Crippen molar-refractivity contribution in [3.63, 3.8) is 0 Å². The SMILES string of the molecule is C=CC1C[N+]2(F)CCC1CC2[C@@H](OC)c1ccnc2ccc(O)cc12.F[B-](F)(F)F. The van der Waals surface area contributed by atoms with Crippen LogP contribution in [0.25, 0.3) is 10.9 Å². The molecule has 0 radical (unpaired) electrons. The molecule has 2 aromatic rings. The number of hydrogen-bond acceptors (Lipinski definition) is 3. The topological polar surface area (TPSA) is 42.4 Å². The number of phenols is 1. The van der Waals surface area contributed by atoms with Crippen molar-refractivity contribution >= 4 is 18.2 Å². The van der Waals surface area contributed by atoms with Crippen molar-refractivity contribution in [3.05, 3.63) is 48.7 Å². The number of phenolic OH excluding ortho intramolecular Hbond substituents is 1. The number of halogens is 5. The molecule has 3 aliphatic rings. The molecule has 0 spiro atoms. The zero-order valence-corrected chi connectivity index (χ0v) is 16.5. The lowest BCUT2D eigenvalue weighted by Crippen LogP contribution is -2.63. The quantitative estimate of drug-likeness (QED) is 0.313. The van der Waals surface area contributed by atoms with Crippen LogP contribution in [0.1, 0.15) is 24.5 Å². The Labute approximate surface area is 171 Å². The summed E-state index contributed by atoms with van der Waals surface area (Å²) in [5, 5.41) is 10.7. The molecule has 1 aromatic carbocycles. The van der Waals surface area contributed by atoms with E-state index in [1.54, 1.807) is 31.5 Å². The zero-order valence-electron chi connectivity index (χ0n) is 16.5. The second kappa shape index (κ2) is 8.51. The van der Waals surface area contributed by atoms with E-state index < -0.39 is 12.0 Å². The molecule has 5 rings (SSSR count). The molecule has 3 fully saturated rings. The van der Waals surface area contributed by atoms with Gasteiger partial charge in [0.2, 0.25) is 0 Å². The van der Waals surface area contributed by atoms with Crippen molar-refractivity contribution in [1.82, 2.24) is 4.98 Å². The number of nitrogens with zero attached hydrogens (tertiary/aromatic N) is 2. The Bertz CT molecular complexity index is 906. The fourth-order valence-corrected chi connectivity index (χ4v) is 4.81. The summed E-state index contributed by atoms with van der Waals surface area (Å²) in [6.07, 6.45) is 4.96. The highest BCUT2D eigenvalue weighted by molar-refractivity contribution is 6.50. The summed E-state index contributed by atoms with van der Waals surface area (Å²) in [6.45, 7) is 4.90. The monoisotopic (exact) mass is 430 g/mol. The second-order valence-electron chi connectivity index (χ2n) is 7.84. The van der Waals surface area contributed by atoms with Crippen LogP contribution in [0.2, 0.25) is 0 Å². The smallest absolute Gasteiger partial charge is 0.508 e. The number of piperidine rings is 3. The van der Waals surface area contributed by atoms with Crippen molar-refractivity contribution in [2.24, 2.45) is 11.8 Å². The largest absolute Gasteiger partial charge is 0.673 e. The van der Waals surface area contributed by atoms with Gasteiger partial charge in [0.25, 0.3) is 0 Å². The number of quaternary nitrogens is 1. The predicted octanol–water partition coefficient (Wildman–Crippen LogP) is 5.22. The molecule has 1 aromatic heterocycles. The van der Waals surface area contributed by atoms with Gasteiger partial charge in [-0.1, -0.05) is 6.08 Å². The summed E-state index contributed by atoms with van der Waals surface area (Å²) in [6, 6.07) is 6.73. The molecule has 4 unspecified atom stereocenters. The molecule has 4 nitrogen and oxygen atoms in total. The first-order chi connectivity index (χ1) is 14.1. The van der Waals surface area contributed by atoms with E-state index in [0.29, 0.717) is 19.0 Å². The summed E-state index contributed by atoms with van der Waals surface area (Å²) in [5.41, 5.74) is 1.67. The van der Waals surface area contributed by atoms with Gasteiger partial charge in [0.15, 0.2) is 6.04 Å². The van der Waals surface area contributed by atoms with Gasteiger partial charge in [-0.2, -0.15) is 0 Å². The molecule has 3 aliphatic heterocycles. The van der Waals surface area contributed by atoms with Gasteiger partial charge in [0, 0.05) is 37.5 Å². The lowest BCUT2D eigenvalue weighted by molar-refractivity contribution is -1.09. The molecular weight excluding hydrogens is 406 g/mol. The number of aromatic hydroxyl groups is 1. The molecule has 10 heteroatoms. The summed E-state index contributed by atoms with van der Waals surface area (Å²) in [4.78, 5) is 4.36. The highest BCUT2D eigenvalue weighted by atomic mass is 19.5. The first-order valence-electron chi connectivity index (χ1n) is 9.72. The maximum Gasteiger partial charge on any atom is 0.673 e. The van der Waals surface area contributed by atoms with Crippen LogP contribution in [0.3, 0.4) is 0 Å². The van der Waals surface area contributed by atoms with E-state index in [2.05, 4.69) is 11.6 Å². The molecule has 5 atom stereocenters. The minimum Gasteiger partial charge on any atom is -0.508 e. The fourth-order valence-electron chi connectivity index (χ4n) is 4.81. The Morgan fingerprint density at radius 3 is 2.60 bits per heavy atom. The van der Waals surface area contributed by atoms with Gasteiger partial charge >= 0.3 is 7.25 Å². The van der Waals surface area contributed by atoms with Crippen LogP contribution in [0.15, 0.2) is 43.1 Å². The molecule has 0 saturated carbocycles. The molecule has 30 heavy (non-hydrogen) atoms. The molecule has 0 amide bonds. The van der Waals surface area contributed by atoms with E-state index in [1.165, 1.54) is 0 Å². The number of hydrogen-bond donors (Lipinski definition) is 1. The minimum absolute atomic E-state index is 0.179. The average molecular weight is 430 g/mol. The maximum atomic E-state index is 15.8. The first kappa shape index (κ1) is 22.5. The molecule has 0 aliphatic carbocycles. The van der Waals surface area contributed by atoms with Crippen molar-refractivity contribution in [1.29, 1.82) is 0 Å². The summed E-state index contributed by atoms with van der Waals surface area (Å²) < 4.78 is 60.1. The highest BCUT2D eigenvalue weighted by Gasteiger charge is 2.56. The molecule has 2 bridgehead atoms. The van der Waals surface area contributed by atoms with Crippen LogP contribution in [-0.4, -0.2) is 48.3 Å². The Morgan fingerprint density at radius 2 is 2.00 bits per heavy atom. The zero-order chi connectivity index (χ0) is 22.1. The molecular formula is C20H24BF5N2O2. The Hall–Kier alpha value is -2.20. The van der Waals surface area contributed by atoms with Crippen LogP contribution < -0.4 is 0 Å². The lowest BCUT2D eigenvalue weighted by Gasteiger charge is -2.51. The van der Waals surface area contributed by atoms with Crippen LogP contribution >= 0.6 is 0 Å². The van der Waals surface area contributed by atoms with Crippen molar-refractivity contribution in [2.75, 3.05) is 20.2 Å². The Balaban J connectivity index is 0.000000461. The summed E-state index contributed by atoms with van der Waals surface area (Å²) in [7, 11) is -4.36. The molecule has 1 N–H and O–H groups in total. The van der Waals surface area contributed by atoms with Crippen LogP contribution in [0.5, 0.6) is 5.75 Å². The summed E-state index contributed by atoms with van der Waals surface area (Å²) >= 11 is 0. The lowest BCUT2D eigenvalue weighted by atomic mass is 9.73. The van der Waals surface area contributed by atoms with E-state index in [-0.39, 0.29) is 23.8 Å². The minimum atomic E-state index is -6.00. The van der Waals surface area contributed by atoms with Gasteiger partial charge in [-0.25, -0.2) is 0 Å². The van der Waals surface area contributed by atoms with E-state index in [0.717, 1.165) is 29.3 Å². The average Bonchev–Trinajstić information content (AvgIpc) is 2.68. The van der Waals surface area contributed by atoms with E-state index in [4.69, 9.17) is 4.74 Å². The first-order valence-corrected chi connectivity index (χ1v) is 9.72. The van der Waals surface area contributed by atoms with Crippen LogP contribution in [0, 0.1) is 11.8 Å². The summed E-state index contributed by atoms with van der Waals surface area (Å²) in [5.74, 6) is 0.890. The van der Waals surface area contributed by atoms with E-state index >= 15 is 4.48 Å². The number of rotatable bonds is 4. The van der Waals surface area contributed by atoms with Gasteiger partial charge in [-0.3, -0.25) is 4.98 Å². The van der Waals surface area contributed by atoms with Gasteiger partial charge in [0.05, 0.1) is 5.52 Å². The third-order valence-electron chi connectivity index (χ3n) is 6.10. The highest BCUT2D eigenvalue weighted by Crippen LogP contribution is 2.48. The predicted molar refractivity (Wildman–Crippen MR) is 105 cm³/mol. The molecule has 4 heterocycles. The Morgan fingerprint density at radius 1 is 1.30 bits per heavy atom. The molecule has 164 valence electrons. The van der Waals surface area contributed by atoms with Crippen molar-refractivity contribution in [3.8, 4) is 5.75 Å². The number of pyridine rings is 1. The standard InChI is InChI=1S/C20H23FN2O2.BF4/c1-3-13-12-23(21)9-7-14(13)10-19(23)20(25-2)16-6-8-22-18-5-4-15(24)11-17(16)18;2-1(3,4)5/h3-6,8,11,13-14,19-20H,1,7,9-10,12H2,2H3;/q;-1/p+1/t13?,14?,19?,20-,23?;/m0./s1. The van der Waals surface area contributed by atoms with Gasteiger partial charge in [-0.05, 0) is 40.2 Å². The Kier molecular flexibility index (Phi) is 6.38. The third-order valence-corrected chi connectivity index (χ3v) is 6.10. The van der Waals surface area contributed by atoms with Crippen molar-refractivity contribution in [2.45, 2.75) is 25.0 Å². The van der Waals surface area contributed by atoms with Crippen LogP contribution in [0.4, 0.5) is 21.7 Å². The normalized spacial score (nSPS) is 29.2. The fraction of sp³-hybridized carbons (Fsp3) is 0.450. The van der Waals surface area contributed by atoms with Gasteiger partial charge < -0.3 is 27.1 Å². The van der Waals surface area contributed by atoms with Crippen molar-refractivity contribution < 1.29 is 36.3 Å². The van der Waals surface area contributed by atoms with Gasteiger partial charge in [0.1, 0.15) is 24.9 Å².